The van der Waals surface area contributed by atoms with Gasteiger partial charge >= 0.3 is 0 Å². The molecule has 0 bridgehead atoms. The highest BCUT2D eigenvalue weighted by Gasteiger charge is 2.28. The minimum atomic E-state index is -4.92. The van der Waals surface area contributed by atoms with E-state index in [1.165, 1.54) is 77.0 Å². The normalized spacial score (nSPS) is 15.1. The van der Waals surface area contributed by atoms with E-state index in [4.69, 9.17) is 4.89 Å². The zero-order chi connectivity index (χ0) is 22.9. The van der Waals surface area contributed by atoms with Gasteiger partial charge in [0.15, 0.2) is 11.9 Å². The Hall–Kier alpha value is -0.260. The SMILES string of the molecule is CCCCCCCCCCCCCCCCCC(=O)C(C[N+](C)(C)C)OP(=O)([O-])O. The summed E-state index contributed by atoms with van der Waals surface area (Å²) in [4.78, 5) is 32.3. The molecular formula is C23H48NO5P. The molecule has 0 aromatic carbocycles. The van der Waals surface area contributed by atoms with Gasteiger partial charge in [-0.15, -0.1) is 0 Å². The molecule has 0 aliphatic rings. The molecular weight excluding hydrogens is 401 g/mol. The Morgan fingerprint density at radius 2 is 1.20 bits per heavy atom. The van der Waals surface area contributed by atoms with Crippen LogP contribution in [-0.2, 0) is 13.9 Å². The summed E-state index contributed by atoms with van der Waals surface area (Å²) < 4.78 is 16.1. The van der Waals surface area contributed by atoms with Gasteiger partial charge in [-0.1, -0.05) is 96.8 Å². The molecule has 0 aliphatic heterocycles. The zero-order valence-electron chi connectivity index (χ0n) is 20.1. The molecule has 0 saturated carbocycles. The Morgan fingerprint density at radius 3 is 1.53 bits per heavy atom. The summed E-state index contributed by atoms with van der Waals surface area (Å²) >= 11 is 0. The third-order valence-corrected chi connectivity index (χ3v) is 5.88. The molecule has 0 aromatic heterocycles. The summed E-state index contributed by atoms with van der Waals surface area (Å²) in [7, 11) is 0.637. The number of phosphoric ester groups is 1. The lowest BCUT2D eigenvalue weighted by Gasteiger charge is -2.30. The first-order valence-electron chi connectivity index (χ1n) is 12.1. The van der Waals surface area contributed by atoms with Crippen LogP contribution in [0.15, 0.2) is 0 Å². The summed E-state index contributed by atoms with van der Waals surface area (Å²) in [6, 6.07) is 0. The van der Waals surface area contributed by atoms with E-state index in [0.717, 1.165) is 19.3 Å². The molecule has 6 nitrogen and oxygen atoms in total. The van der Waals surface area contributed by atoms with Gasteiger partial charge in [-0.3, -0.25) is 9.36 Å². The average molecular weight is 450 g/mol. The Kier molecular flexibility index (Phi) is 17.2. The molecule has 30 heavy (non-hydrogen) atoms. The molecule has 180 valence electrons. The van der Waals surface area contributed by atoms with Crippen LogP contribution in [0.4, 0.5) is 0 Å². The lowest BCUT2D eigenvalue weighted by Crippen LogP contribution is -2.45. The van der Waals surface area contributed by atoms with Crippen molar-refractivity contribution in [2.45, 2.75) is 116 Å². The van der Waals surface area contributed by atoms with Gasteiger partial charge in [0, 0.05) is 6.42 Å². The highest BCUT2D eigenvalue weighted by atomic mass is 31.2. The lowest BCUT2D eigenvalue weighted by molar-refractivity contribution is -0.872. The van der Waals surface area contributed by atoms with E-state index in [-0.39, 0.29) is 12.3 Å². The number of phosphoric acid groups is 1. The predicted molar refractivity (Wildman–Crippen MR) is 122 cm³/mol. The van der Waals surface area contributed by atoms with Crippen LogP contribution >= 0.6 is 7.82 Å². The van der Waals surface area contributed by atoms with Gasteiger partial charge in [0.2, 0.25) is 0 Å². The maximum Gasteiger partial charge on any atom is 0.266 e. The maximum atomic E-state index is 12.3. The molecule has 2 unspecified atom stereocenters. The van der Waals surface area contributed by atoms with E-state index in [1.807, 2.05) is 21.1 Å². The van der Waals surface area contributed by atoms with Crippen molar-refractivity contribution in [1.29, 1.82) is 0 Å². The van der Waals surface area contributed by atoms with Crippen LogP contribution in [0.1, 0.15) is 110 Å². The number of carbonyl (C=O) groups excluding carboxylic acids is 1. The van der Waals surface area contributed by atoms with Crippen molar-refractivity contribution in [3.05, 3.63) is 0 Å². The minimum Gasteiger partial charge on any atom is -0.756 e. The number of nitrogens with zero attached hydrogens (tertiary/aromatic N) is 1. The summed E-state index contributed by atoms with van der Waals surface area (Å²) in [6.07, 6.45) is 18.0. The second-order valence-electron chi connectivity index (χ2n) is 9.70. The molecule has 0 heterocycles. The first-order valence-corrected chi connectivity index (χ1v) is 13.6. The van der Waals surface area contributed by atoms with Gasteiger partial charge in [0.25, 0.3) is 7.82 Å². The largest absolute Gasteiger partial charge is 0.756 e. The van der Waals surface area contributed by atoms with Crippen LogP contribution in [-0.4, -0.2) is 49.0 Å². The molecule has 0 fully saturated rings. The van der Waals surface area contributed by atoms with Gasteiger partial charge in [0.05, 0.1) is 21.1 Å². The van der Waals surface area contributed by atoms with E-state index < -0.39 is 13.9 Å². The molecule has 1 N–H and O–H groups in total. The second-order valence-corrected chi connectivity index (χ2v) is 10.8. The van der Waals surface area contributed by atoms with Crippen LogP contribution in [0, 0.1) is 0 Å². The van der Waals surface area contributed by atoms with Crippen LogP contribution in [0.5, 0.6) is 0 Å². The van der Waals surface area contributed by atoms with Crippen molar-refractivity contribution < 1.29 is 28.2 Å². The highest BCUT2D eigenvalue weighted by Crippen LogP contribution is 2.33. The first kappa shape index (κ1) is 29.7. The van der Waals surface area contributed by atoms with Gasteiger partial charge in [-0.2, -0.15) is 0 Å². The number of hydrogen-bond acceptors (Lipinski definition) is 4. The number of likely N-dealkylation sites (N-methyl/N-ethyl adjacent to an activating group) is 1. The van der Waals surface area contributed by atoms with Crippen molar-refractivity contribution in [3.63, 3.8) is 0 Å². The smallest absolute Gasteiger partial charge is 0.266 e. The summed E-state index contributed by atoms with van der Waals surface area (Å²) in [5.41, 5.74) is 0. The summed E-state index contributed by atoms with van der Waals surface area (Å²) in [5.74, 6) is -0.247. The number of unbranched alkanes of at least 4 members (excludes halogenated alkanes) is 14. The third kappa shape index (κ3) is 21.0. The van der Waals surface area contributed by atoms with Crippen LogP contribution in [0.3, 0.4) is 0 Å². The van der Waals surface area contributed by atoms with Crippen molar-refractivity contribution in [1.82, 2.24) is 0 Å². The van der Waals surface area contributed by atoms with Gasteiger partial charge < -0.3 is 18.8 Å². The number of quaternary nitrogens is 1. The standard InChI is InChI=1S/C23H48NO5P/c1-5-6-7-8-9-10-11-12-13-14-15-16-17-18-19-20-22(25)23(21-24(2,3)4)29-30(26,27)28/h23H,5-21H2,1-4H3,(H-,26,27,28). The zero-order valence-corrected chi connectivity index (χ0v) is 21.0. The topological polar surface area (TPSA) is 86.7 Å². The predicted octanol–water partition coefficient (Wildman–Crippen LogP) is 5.37. The molecule has 0 amide bonds. The fraction of sp³-hybridized carbons (Fsp3) is 0.957. The van der Waals surface area contributed by atoms with Gasteiger partial charge in [-0.05, 0) is 6.42 Å². The molecule has 0 aromatic rings. The molecule has 0 aliphatic carbocycles. The van der Waals surface area contributed by atoms with Crippen molar-refractivity contribution in [3.8, 4) is 0 Å². The number of ketones is 1. The summed E-state index contributed by atoms with van der Waals surface area (Å²) in [5, 5.41) is 0. The molecule has 0 saturated heterocycles. The molecule has 0 rings (SSSR count). The Labute approximate surface area is 185 Å². The summed E-state index contributed by atoms with van der Waals surface area (Å²) in [6.45, 7) is 2.47. The number of rotatable bonds is 21. The molecule has 0 spiro atoms. The molecule has 7 heteroatoms. The molecule has 2 atom stereocenters. The quantitative estimate of drug-likeness (QED) is 0.145. The van der Waals surface area contributed by atoms with E-state index in [2.05, 4.69) is 11.4 Å². The highest BCUT2D eigenvalue weighted by molar-refractivity contribution is 7.44. The second kappa shape index (κ2) is 17.3. The van der Waals surface area contributed by atoms with E-state index >= 15 is 0 Å². The number of hydrogen-bond donors (Lipinski definition) is 1. The Balaban J connectivity index is 3.69. The van der Waals surface area contributed by atoms with Gasteiger partial charge in [0.1, 0.15) is 6.54 Å². The van der Waals surface area contributed by atoms with E-state index in [1.54, 1.807) is 0 Å². The maximum absolute atomic E-state index is 12.3. The van der Waals surface area contributed by atoms with Crippen molar-refractivity contribution in [2.24, 2.45) is 0 Å². The van der Waals surface area contributed by atoms with Crippen LogP contribution in [0.25, 0.3) is 0 Å². The van der Waals surface area contributed by atoms with Crippen LogP contribution < -0.4 is 4.89 Å². The fourth-order valence-electron chi connectivity index (χ4n) is 3.68. The monoisotopic (exact) mass is 449 g/mol. The Bertz CT molecular complexity index is 473. The van der Waals surface area contributed by atoms with Crippen LogP contribution in [0.2, 0.25) is 0 Å². The van der Waals surface area contributed by atoms with E-state index in [0.29, 0.717) is 10.9 Å². The third-order valence-electron chi connectivity index (χ3n) is 5.36. The number of Topliss-reactive ketones (excluding diaryl/α,β-unsaturated/α-hetero) is 1. The van der Waals surface area contributed by atoms with Crippen molar-refractivity contribution in [2.75, 3.05) is 27.7 Å². The van der Waals surface area contributed by atoms with E-state index in [9.17, 15) is 14.3 Å². The number of carbonyl (C=O) groups is 1. The average Bonchev–Trinajstić information content (AvgIpc) is 2.62. The van der Waals surface area contributed by atoms with Gasteiger partial charge in [-0.25, -0.2) is 0 Å². The fourth-order valence-corrected chi connectivity index (χ4v) is 4.19. The minimum absolute atomic E-state index is 0.213. The first-order chi connectivity index (χ1) is 14.0. The lowest BCUT2D eigenvalue weighted by atomic mass is 10.0. The Morgan fingerprint density at radius 1 is 0.833 bits per heavy atom. The molecule has 0 radical (unpaired) electrons. The van der Waals surface area contributed by atoms with Crippen molar-refractivity contribution >= 4 is 13.6 Å².